The molecule has 1 amide bonds. The molecular formula is C18H23BrN2O4. The summed E-state index contributed by atoms with van der Waals surface area (Å²) in [4.78, 5) is 26.4. The van der Waals surface area contributed by atoms with Gasteiger partial charge in [0, 0.05) is 30.7 Å². The van der Waals surface area contributed by atoms with Crippen molar-refractivity contribution in [3.05, 3.63) is 34.3 Å². The normalized spacial score (nSPS) is 23.7. The van der Waals surface area contributed by atoms with E-state index in [1.807, 2.05) is 24.3 Å². The molecule has 1 N–H and O–H groups in total. The van der Waals surface area contributed by atoms with Gasteiger partial charge in [0.25, 0.3) is 0 Å². The Kier molecular flexibility index (Phi) is 6.45. The number of nitrogens with zero attached hydrogens (tertiary/aromatic N) is 1. The van der Waals surface area contributed by atoms with Crippen molar-refractivity contribution in [3.63, 3.8) is 0 Å². The highest BCUT2D eigenvalue weighted by Gasteiger charge is 2.31. The number of hydrogen-bond donors (Lipinski definition) is 1. The third-order valence-corrected chi connectivity index (χ3v) is 4.96. The molecular weight excluding hydrogens is 388 g/mol. The summed E-state index contributed by atoms with van der Waals surface area (Å²) in [6, 6.07) is 7.38. The number of rotatable bonds is 6. The Hall–Kier alpha value is -1.44. The van der Waals surface area contributed by atoms with Gasteiger partial charge in [0.15, 0.2) is 0 Å². The zero-order valence-corrected chi connectivity index (χ0v) is 15.7. The van der Waals surface area contributed by atoms with E-state index < -0.39 is 6.04 Å². The lowest BCUT2D eigenvalue weighted by Crippen LogP contribution is -2.55. The van der Waals surface area contributed by atoms with Crippen LogP contribution in [0.15, 0.2) is 28.7 Å². The molecule has 7 heteroatoms. The van der Waals surface area contributed by atoms with Crippen LogP contribution in [0.3, 0.4) is 0 Å². The highest BCUT2D eigenvalue weighted by molar-refractivity contribution is 9.10. The average molecular weight is 411 g/mol. The summed E-state index contributed by atoms with van der Waals surface area (Å²) in [5.41, 5.74) is 1.06. The third-order valence-electron chi connectivity index (χ3n) is 4.47. The number of benzene rings is 1. The topological polar surface area (TPSA) is 67.9 Å². The zero-order valence-electron chi connectivity index (χ0n) is 14.1. The second-order valence-electron chi connectivity index (χ2n) is 6.42. The van der Waals surface area contributed by atoms with Gasteiger partial charge in [0.05, 0.1) is 18.6 Å². The van der Waals surface area contributed by atoms with Gasteiger partial charge < -0.3 is 19.7 Å². The number of carbonyl (C=O) groups is 2. The van der Waals surface area contributed by atoms with Crippen LogP contribution in [0, 0.1) is 0 Å². The minimum Gasteiger partial charge on any atom is -0.463 e. The second-order valence-corrected chi connectivity index (χ2v) is 7.33. The number of nitrogens with one attached hydrogen (secondary N) is 1. The lowest BCUT2D eigenvalue weighted by atomic mass is 10.1. The summed E-state index contributed by atoms with van der Waals surface area (Å²) in [5, 5.41) is 3.12. The fourth-order valence-electron chi connectivity index (χ4n) is 3.15. The molecule has 2 aliphatic heterocycles. The molecule has 2 saturated heterocycles. The van der Waals surface area contributed by atoms with E-state index in [9.17, 15) is 9.59 Å². The number of halogens is 1. The van der Waals surface area contributed by atoms with E-state index in [1.165, 1.54) is 0 Å². The van der Waals surface area contributed by atoms with Crippen molar-refractivity contribution in [2.45, 2.75) is 38.0 Å². The molecule has 25 heavy (non-hydrogen) atoms. The number of piperazine rings is 1. The highest BCUT2D eigenvalue weighted by Crippen LogP contribution is 2.16. The summed E-state index contributed by atoms with van der Waals surface area (Å²) >= 11 is 3.44. The molecule has 2 aliphatic rings. The molecule has 0 saturated carbocycles. The Bertz CT molecular complexity index is 619. The van der Waals surface area contributed by atoms with Crippen LogP contribution in [-0.4, -0.2) is 55.2 Å². The van der Waals surface area contributed by atoms with Crippen molar-refractivity contribution >= 4 is 27.8 Å². The molecule has 2 unspecified atom stereocenters. The second kappa shape index (κ2) is 8.78. The largest absolute Gasteiger partial charge is 0.463 e. The van der Waals surface area contributed by atoms with Gasteiger partial charge in [-0.05, 0) is 30.5 Å². The van der Waals surface area contributed by atoms with Crippen molar-refractivity contribution in [1.82, 2.24) is 10.2 Å². The van der Waals surface area contributed by atoms with E-state index in [-0.39, 0.29) is 31.0 Å². The monoisotopic (exact) mass is 410 g/mol. The predicted molar refractivity (Wildman–Crippen MR) is 95.9 cm³/mol. The van der Waals surface area contributed by atoms with Crippen LogP contribution in [-0.2, 0) is 25.6 Å². The van der Waals surface area contributed by atoms with Gasteiger partial charge >= 0.3 is 5.97 Å². The molecule has 2 atom stereocenters. The molecule has 3 rings (SSSR count). The van der Waals surface area contributed by atoms with E-state index in [2.05, 4.69) is 21.2 Å². The Labute approximate surface area is 156 Å². The van der Waals surface area contributed by atoms with E-state index >= 15 is 0 Å². The van der Waals surface area contributed by atoms with Gasteiger partial charge in [0.1, 0.15) is 6.61 Å². The van der Waals surface area contributed by atoms with Crippen molar-refractivity contribution in [2.24, 2.45) is 0 Å². The highest BCUT2D eigenvalue weighted by atomic mass is 79.9. The Morgan fingerprint density at radius 1 is 1.44 bits per heavy atom. The zero-order chi connectivity index (χ0) is 17.6. The molecule has 0 bridgehead atoms. The first kappa shape index (κ1) is 18.4. The van der Waals surface area contributed by atoms with Crippen LogP contribution in [0.25, 0.3) is 0 Å². The molecule has 0 spiro atoms. The Balaban J connectivity index is 1.50. The van der Waals surface area contributed by atoms with Gasteiger partial charge in [-0.15, -0.1) is 0 Å². The maximum atomic E-state index is 12.6. The summed E-state index contributed by atoms with van der Waals surface area (Å²) in [5.74, 6) is -0.411. The van der Waals surface area contributed by atoms with Crippen LogP contribution in [0.4, 0.5) is 0 Å². The van der Waals surface area contributed by atoms with Gasteiger partial charge in [-0.3, -0.25) is 9.59 Å². The molecule has 1 aromatic rings. The molecule has 2 fully saturated rings. The number of ether oxygens (including phenoxy) is 2. The predicted octanol–water partition coefficient (Wildman–Crippen LogP) is 1.86. The molecule has 0 radical (unpaired) electrons. The van der Waals surface area contributed by atoms with Crippen LogP contribution >= 0.6 is 15.9 Å². The van der Waals surface area contributed by atoms with Gasteiger partial charge in [-0.2, -0.15) is 0 Å². The maximum absolute atomic E-state index is 12.6. The number of esters is 1. The summed E-state index contributed by atoms with van der Waals surface area (Å²) < 4.78 is 11.7. The molecule has 136 valence electrons. The third kappa shape index (κ3) is 5.26. The van der Waals surface area contributed by atoms with Crippen LogP contribution < -0.4 is 5.32 Å². The van der Waals surface area contributed by atoms with Crippen molar-refractivity contribution in [1.29, 1.82) is 0 Å². The van der Waals surface area contributed by atoms with E-state index in [0.717, 1.165) is 29.5 Å². The Morgan fingerprint density at radius 2 is 2.32 bits per heavy atom. The van der Waals surface area contributed by atoms with Crippen molar-refractivity contribution < 1.29 is 19.1 Å². The van der Waals surface area contributed by atoms with Crippen LogP contribution in [0.5, 0.6) is 0 Å². The van der Waals surface area contributed by atoms with E-state index in [4.69, 9.17) is 9.47 Å². The lowest BCUT2D eigenvalue weighted by molar-refractivity contribution is -0.151. The smallest absolute Gasteiger partial charge is 0.308 e. The first-order valence-corrected chi connectivity index (χ1v) is 9.45. The molecule has 6 nitrogen and oxygen atoms in total. The fourth-order valence-corrected chi connectivity index (χ4v) is 3.60. The minimum absolute atomic E-state index is 0.00647. The quantitative estimate of drug-likeness (QED) is 0.724. The van der Waals surface area contributed by atoms with Gasteiger partial charge in [-0.25, -0.2) is 0 Å². The Morgan fingerprint density at radius 3 is 3.08 bits per heavy atom. The number of carbonyl (C=O) groups excluding carboxylic acids is 2. The molecule has 2 heterocycles. The van der Waals surface area contributed by atoms with Crippen molar-refractivity contribution in [2.75, 3.05) is 26.3 Å². The fraction of sp³-hybridized carbons (Fsp3) is 0.556. The number of hydrogen-bond acceptors (Lipinski definition) is 5. The maximum Gasteiger partial charge on any atom is 0.308 e. The number of amides is 1. The molecule has 0 aromatic heterocycles. The van der Waals surface area contributed by atoms with E-state index in [0.29, 0.717) is 19.6 Å². The first-order valence-electron chi connectivity index (χ1n) is 8.65. The summed E-state index contributed by atoms with van der Waals surface area (Å²) in [6.45, 7) is 2.86. The van der Waals surface area contributed by atoms with Gasteiger partial charge in [0.2, 0.25) is 5.91 Å². The minimum atomic E-state index is -0.516. The summed E-state index contributed by atoms with van der Waals surface area (Å²) in [7, 11) is 0. The average Bonchev–Trinajstić information content (AvgIpc) is 3.10. The van der Waals surface area contributed by atoms with Crippen molar-refractivity contribution in [3.8, 4) is 0 Å². The summed E-state index contributed by atoms with van der Waals surface area (Å²) in [6.07, 6.45) is 2.00. The standard InChI is InChI=1S/C18H23BrN2O4/c19-14-4-1-3-13(9-14)11-21-7-6-20-16(18(21)23)10-17(22)25-12-15-5-2-8-24-15/h1,3-4,9,15-16,20H,2,5-8,10-12H2. The van der Waals surface area contributed by atoms with Crippen LogP contribution in [0.2, 0.25) is 0 Å². The van der Waals surface area contributed by atoms with E-state index in [1.54, 1.807) is 4.90 Å². The first-order chi connectivity index (χ1) is 12.1. The van der Waals surface area contributed by atoms with Crippen LogP contribution in [0.1, 0.15) is 24.8 Å². The van der Waals surface area contributed by atoms with Gasteiger partial charge in [-0.1, -0.05) is 28.1 Å². The molecule has 0 aliphatic carbocycles. The SMILES string of the molecule is O=C(CC1NCCN(Cc2cccc(Br)c2)C1=O)OCC1CCCO1. The molecule has 1 aromatic carbocycles. The lowest BCUT2D eigenvalue weighted by Gasteiger charge is -2.33.